The molecule has 5 nitrogen and oxygen atoms in total. The maximum absolute atomic E-state index is 8.95. The number of rotatable bonds is 3. The van der Waals surface area contributed by atoms with Crippen LogP contribution in [0.4, 0.5) is 5.69 Å². The van der Waals surface area contributed by atoms with Crippen molar-refractivity contribution in [3.05, 3.63) is 63.1 Å². The zero-order valence-corrected chi connectivity index (χ0v) is 13.5. The van der Waals surface area contributed by atoms with Crippen molar-refractivity contribution >= 4 is 39.8 Å². The van der Waals surface area contributed by atoms with Gasteiger partial charge in [0.15, 0.2) is 0 Å². The third kappa shape index (κ3) is 2.78. The normalized spacial score (nSPS) is 10.4. The Morgan fingerprint density at radius 1 is 1.17 bits per heavy atom. The fraction of sp³-hybridized carbons (Fsp3) is 0.0625. The quantitative estimate of drug-likeness (QED) is 0.247. The van der Waals surface area contributed by atoms with E-state index in [2.05, 4.69) is 15.0 Å². The van der Waals surface area contributed by atoms with E-state index in [1.54, 1.807) is 12.1 Å². The first kappa shape index (κ1) is 15.4. The van der Waals surface area contributed by atoms with E-state index in [4.69, 9.17) is 33.5 Å². The minimum absolute atomic E-state index is 0.246. The van der Waals surface area contributed by atoms with Gasteiger partial charge in [0.25, 0.3) is 0 Å². The first-order valence-electron chi connectivity index (χ1n) is 6.63. The summed E-state index contributed by atoms with van der Waals surface area (Å²) in [6.45, 7) is 0. The molecule has 1 aromatic heterocycles. The molecule has 23 heavy (non-hydrogen) atoms. The molecule has 0 bridgehead atoms. The second kappa shape index (κ2) is 6.34. The molecule has 0 saturated carbocycles. The summed E-state index contributed by atoms with van der Waals surface area (Å²) in [7, 11) is 1.52. The van der Waals surface area contributed by atoms with E-state index in [0.717, 1.165) is 5.56 Å². The molecule has 0 N–H and O–H groups in total. The lowest BCUT2D eigenvalue weighted by atomic mass is 10.0. The number of azide groups is 1. The van der Waals surface area contributed by atoms with Crippen LogP contribution >= 0.6 is 23.2 Å². The molecule has 0 amide bonds. The highest BCUT2D eigenvalue weighted by atomic mass is 35.5. The van der Waals surface area contributed by atoms with Crippen LogP contribution < -0.4 is 4.74 Å². The zero-order chi connectivity index (χ0) is 16.4. The van der Waals surface area contributed by atoms with Crippen molar-refractivity contribution in [2.24, 2.45) is 5.11 Å². The number of benzene rings is 2. The van der Waals surface area contributed by atoms with Crippen LogP contribution in [0, 0.1) is 0 Å². The summed E-state index contributed by atoms with van der Waals surface area (Å²) in [5.41, 5.74) is 11.3. The van der Waals surface area contributed by atoms with Crippen molar-refractivity contribution < 1.29 is 4.74 Å². The monoisotopic (exact) mass is 344 g/mol. The average Bonchev–Trinajstić information content (AvgIpc) is 2.56. The highest BCUT2D eigenvalue weighted by Gasteiger charge is 2.16. The second-order valence-corrected chi connectivity index (χ2v) is 5.45. The van der Waals surface area contributed by atoms with Gasteiger partial charge in [-0.15, -0.1) is 0 Å². The molecule has 0 atom stereocenters. The van der Waals surface area contributed by atoms with Gasteiger partial charge in [0.05, 0.1) is 23.3 Å². The number of fused-ring (bicyclic) bond motifs is 1. The Hall–Kier alpha value is -2.46. The lowest BCUT2D eigenvalue weighted by molar-refractivity contribution is 0.415. The van der Waals surface area contributed by atoms with Gasteiger partial charge in [-0.05, 0) is 17.2 Å². The molecule has 3 aromatic rings. The van der Waals surface area contributed by atoms with Gasteiger partial charge >= 0.3 is 0 Å². The van der Waals surface area contributed by atoms with Crippen molar-refractivity contribution in [2.75, 3.05) is 7.11 Å². The fourth-order valence-corrected chi connectivity index (χ4v) is 2.91. The summed E-state index contributed by atoms with van der Waals surface area (Å²) in [6, 6.07) is 12.7. The standard InChI is InChI=1S/C16H10Cl2N4O/c1-23-13-8-12-10(7-11(13)17)15(21-22-19)14(16(18)20-12)9-5-3-2-4-6-9/h2-8H,1H3. The molecule has 0 radical (unpaired) electrons. The highest BCUT2D eigenvalue weighted by molar-refractivity contribution is 6.35. The first-order valence-corrected chi connectivity index (χ1v) is 7.38. The van der Waals surface area contributed by atoms with E-state index >= 15 is 0 Å². The molecule has 0 aliphatic carbocycles. The Labute approximate surface area is 142 Å². The van der Waals surface area contributed by atoms with Crippen LogP contribution in [-0.2, 0) is 0 Å². The summed E-state index contributed by atoms with van der Waals surface area (Å²) < 4.78 is 5.19. The van der Waals surface area contributed by atoms with Gasteiger partial charge in [-0.25, -0.2) is 4.98 Å². The molecule has 2 aromatic carbocycles. The van der Waals surface area contributed by atoms with E-state index < -0.39 is 0 Å². The third-order valence-corrected chi connectivity index (χ3v) is 3.96. The Kier molecular flexibility index (Phi) is 4.26. The van der Waals surface area contributed by atoms with Gasteiger partial charge in [0.1, 0.15) is 10.9 Å². The lowest BCUT2D eigenvalue weighted by Crippen LogP contribution is -1.91. The minimum Gasteiger partial charge on any atom is -0.495 e. The van der Waals surface area contributed by atoms with Gasteiger partial charge < -0.3 is 4.74 Å². The van der Waals surface area contributed by atoms with Crippen LogP contribution in [0.25, 0.3) is 32.5 Å². The number of pyridine rings is 1. The molecule has 3 rings (SSSR count). The van der Waals surface area contributed by atoms with Crippen LogP contribution in [-0.4, -0.2) is 12.1 Å². The number of hydrogen-bond acceptors (Lipinski definition) is 3. The summed E-state index contributed by atoms with van der Waals surface area (Å²) in [6.07, 6.45) is 0. The van der Waals surface area contributed by atoms with Crippen molar-refractivity contribution in [2.45, 2.75) is 0 Å². The van der Waals surface area contributed by atoms with Gasteiger partial charge in [-0.2, -0.15) is 0 Å². The first-order chi connectivity index (χ1) is 11.2. The Bertz CT molecular complexity index is 938. The van der Waals surface area contributed by atoms with Crippen LogP contribution in [0.15, 0.2) is 47.6 Å². The molecule has 0 unspecified atom stereocenters. The van der Waals surface area contributed by atoms with E-state index in [1.807, 2.05) is 30.3 Å². The van der Waals surface area contributed by atoms with Crippen LogP contribution in [0.1, 0.15) is 0 Å². The number of aromatic nitrogens is 1. The number of hydrogen-bond donors (Lipinski definition) is 0. The summed E-state index contributed by atoms with van der Waals surface area (Å²) >= 11 is 12.5. The van der Waals surface area contributed by atoms with E-state index in [9.17, 15) is 0 Å². The van der Waals surface area contributed by atoms with Crippen LogP contribution in [0.5, 0.6) is 5.75 Å². The maximum Gasteiger partial charge on any atom is 0.139 e. The van der Waals surface area contributed by atoms with E-state index in [0.29, 0.717) is 32.9 Å². The predicted molar refractivity (Wildman–Crippen MR) is 92.6 cm³/mol. The average molecular weight is 345 g/mol. The number of nitrogens with zero attached hydrogens (tertiary/aromatic N) is 4. The van der Waals surface area contributed by atoms with Crippen molar-refractivity contribution in [3.8, 4) is 16.9 Å². The largest absolute Gasteiger partial charge is 0.495 e. The highest BCUT2D eigenvalue weighted by Crippen LogP contribution is 2.43. The molecule has 1 heterocycles. The number of methoxy groups -OCH3 is 1. The topological polar surface area (TPSA) is 70.9 Å². The predicted octanol–water partition coefficient (Wildman–Crippen LogP) is 6.16. The van der Waals surface area contributed by atoms with Gasteiger partial charge in [0, 0.05) is 21.9 Å². The zero-order valence-electron chi connectivity index (χ0n) is 12.0. The smallest absolute Gasteiger partial charge is 0.139 e. The van der Waals surface area contributed by atoms with Crippen LogP contribution in [0.3, 0.4) is 0 Å². The molecule has 0 spiro atoms. The Balaban J connectivity index is 2.43. The van der Waals surface area contributed by atoms with E-state index in [1.165, 1.54) is 7.11 Å². The minimum atomic E-state index is 0.246. The third-order valence-electron chi connectivity index (χ3n) is 3.39. The fourth-order valence-electron chi connectivity index (χ4n) is 2.38. The van der Waals surface area contributed by atoms with Crippen molar-refractivity contribution in [1.29, 1.82) is 0 Å². The summed E-state index contributed by atoms with van der Waals surface area (Å²) in [5, 5.41) is 5.08. The molecule has 114 valence electrons. The maximum atomic E-state index is 8.95. The molecule has 0 aliphatic rings. The number of halogens is 2. The lowest BCUT2D eigenvalue weighted by Gasteiger charge is -2.13. The number of ether oxygens (including phenoxy) is 1. The summed E-state index contributed by atoms with van der Waals surface area (Å²) in [4.78, 5) is 7.31. The molecule has 7 heteroatoms. The SMILES string of the molecule is COc1cc2nc(Cl)c(-c3ccccc3)c(N=[N+]=[N-])c2cc1Cl. The molecule has 0 aliphatic heterocycles. The second-order valence-electron chi connectivity index (χ2n) is 4.69. The van der Waals surface area contributed by atoms with Crippen LogP contribution in [0.2, 0.25) is 10.2 Å². The molecular weight excluding hydrogens is 335 g/mol. The Morgan fingerprint density at radius 2 is 1.91 bits per heavy atom. The van der Waals surface area contributed by atoms with Gasteiger partial charge in [-0.3, -0.25) is 0 Å². The van der Waals surface area contributed by atoms with Gasteiger partial charge in [-0.1, -0.05) is 58.6 Å². The molecule has 0 fully saturated rings. The summed E-state index contributed by atoms with van der Waals surface area (Å²) in [5.74, 6) is 0.474. The Morgan fingerprint density at radius 3 is 2.57 bits per heavy atom. The van der Waals surface area contributed by atoms with Crippen molar-refractivity contribution in [3.63, 3.8) is 0 Å². The van der Waals surface area contributed by atoms with Crippen molar-refractivity contribution in [1.82, 2.24) is 4.98 Å². The van der Waals surface area contributed by atoms with Gasteiger partial charge in [0.2, 0.25) is 0 Å². The van der Waals surface area contributed by atoms with E-state index in [-0.39, 0.29) is 5.15 Å². The molecule has 0 saturated heterocycles. The molecular formula is C16H10Cl2N4O.